The fourth-order valence-electron chi connectivity index (χ4n) is 1.89. The van der Waals surface area contributed by atoms with Crippen molar-refractivity contribution in [3.63, 3.8) is 0 Å². The second-order valence-electron chi connectivity index (χ2n) is 4.19. The predicted molar refractivity (Wildman–Crippen MR) is 66.9 cm³/mol. The molecule has 1 atom stereocenters. The van der Waals surface area contributed by atoms with Gasteiger partial charge in [0.05, 0.1) is 6.42 Å². The van der Waals surface area contributed by atoms with E-state index in [1.54, 1.807) is 13.3 Å². The Bertz CT molecular complexity index is 347. The van der Waals surface area contributed by atoms with Gasteiger partial charge >= 0.3 is 0 Å². The van der Waals surface area contributed by atoms with E-state index >= 15 is 0 Å². The molecule has 0 aliphatic rings. The van der Waals surface area contributed by atoms with Gasteiger partial charge in [0.2, 0.25) is 0 Å². The number of carbonyl (C=O) groups is 1. The monoisotopic (exact) mass is 238 g/mol. The van der Waals surface area contributed by atoms with Gasteiger partial charge in [-0.1, -0.05) is 20.3 Å². The molecule has 0 saturated heterocycles. The van der Waals surface area contributed by atoms with Gasteiger partial charge < -0.3 is 9.30 Å². The van der Waals surface area contributed by atoms with Gasteiger partial charge in [-0.3, -0.25) is 4.79 Å². The highest BCUT2D eigenvalue weighted by Crippen LogP contribution is 2.08. The number of rotatable bonds is 8. The van der Waals surface area contributed by atoms with Crippen molar-refractivity contribution in [3.05, 3.63) is 18.2 Å². The van der Waals surface area contributed by atoms with Crippen LogP contribution in [-0.2, 0) is 22.5 Å². The van der Waals surface area contributed by atoms with Crippen LogP contribution in [0.5, 0.6) is 0 Å². The maximum Gasteiger partial charge on any atom is 0.169 e. The van der Waals surface area contributed by atoms with Crippen LogP contribution >= 0.6 is 0 Å². The van der Waals surface area contributed by atoms with Crippen LogP contribution in [-0.4, -0.2) is 28.5 Å². The third kappa shape index (κ3) is 3.97. The number of Topliss-reactive ketones (excluding diaryl/α,β-unsaturated/α-hetero) is 1. The summed E-state index contributed by atoms with van der Waals surface area (Å²) in [5.41, 5.74) is 0. The number of aromatic nitrogens is 2. The van der Waals surface area contributed by atoms with Crippen molar-refractivity contribution in [2.75, 3.05) is 7.11 Å². The molecule has 0 bridgehead atoms. The normalized spacial score (nSPS) is 12.6. The van der Waals surface area contributed by atoms with E-state index in [4.69, 9.17) is 4.74 Å². The van der Waals surface area contributed by atoms with Crippen LogP contribution in [0.25, 0.3) is 0 Å². The van der Waals surface area contributed by atoms with Crippen LogP contribution in [0.15, 0.2) is 12.4 Å². The van der Waals surface area contributed by atoms with Gasteiger partial charge in [-0.15, -0.1) is 0 Å². The number of ether oxygens (including phenoxy) is 1. The third-order valence-electron chi connectivity index (χ3n) is 2.79. The summed E-state index contributed by atoms with van der Waals surface area (Å²) in [6, 6.07) is 0. The number of hydrogen-bond donors (Lipinski definition) is 0. The Balaban J connectivity index is 2.62. The van der Waals surface area contributed by atoms with Gasteiger partial charge in [0, 0.05) is 26.0 Å². The lowest BCUT2D eigenvalue weighted by Gasteiger charge is -2.13. The summed E-state index contributed by atoms with van der Waals surface area (Å²) in [6.07, 6.45) is 6.53. The smallest absolute Gasteiger partial charge is 0.169 e. The first-order chi connectivity index (χ1) is 8.22. The molecule has 0 spiro atoms. The Hall–Kier alpha value is -1.16. The zero-order valence-corrected chi connectivity index (χ0v) is 11.0. The Morgan fingerprint density at radius 1 is 1.47 bits per heavy atom. The first-order valence-corrected chi connectivity index (χ1v) is 6.28. The summed E-state index contributed by atoms with van der Waals surface area (Å²) >= 11 is 0. The van der Waals surface area contributed by atoms with Gasteiger partial charge in [-0.05, 0) is 12.8 Å². The topological polar surface area (TPSA) is 44.1 Å². The van der Waals surface area contributed by atoms with Crippen molar-refractivity contribution >= 4 is 5.78 Å². The highest BCUT2D eigenvalue weighted by atomic mass is 16.5. The molecule has 4 nitrogen and oxygen atoms in total. The van der Waals surface area contributed by atoms with Gasteiger partial charge in [0.25, 0.3) is 0 Å². The van der Waals surface area contributed by atoms with Crippen molar-refractivity contribution in [3.8, 4) is 0 Å². The van der Waals surface area contributed by atoms with Crippen LogP contribution in [0, 0.1) is 0 Å². The molecule has 1 heterocycles. The van der Waals surface area contributed by atoms with Crippen LogP contribution in [0.2, 0.25) is 0 Å². The molecule has 0 aliphatic carbocycles. The van der Waals surface area contributed by atoms with Gasteiger partial charge in [-0.25, -0.2) is 4.98 Å². The van der Waals surface area contributed by atoms with E-state index in [2.05, 4.69) is 18.8 Å². The molecular weight excluding hydrogens is 216 g/mol. The minimum absolute atomic E-state index is 0.123. The zero-order valence-electron chi connectivity index (χ0n) is 11.0. The minimum Gasteiger partial charge on any atom is -0.374 e. The Labute approximate surface area is 103 Å². The predicted octanol–water partition coefficient (Wildman–Crippen LogP) is 2.22. The number of imidazole rings is 1. The number of hydrogen-bond acceptors (Lipinski definition) is 3. The minimum atomic E-state index is -0.285. The van der Waals surface area contributed by atoms with E-state index < -0.39 is 0 Å². The largest absolute Gasteiger partial charge is 0.374 e. The first-order valence-electron chi connectivity index (χ1n) is 6.28. The van der Waals surface area contributed by atoms with Gasteiger partial charge in [0.1, 0.15) is 11.9 Å². The van der Waals surface area contributed by atoms with Crippen molar-refractivity contribution in [1.29, 1.82) is 0 Å². The summed E-state index contributed by atoms with van der Waals surface area (Å²) in [4.78, 5) is 16.2. The fraction of sp³-hybridized carbons (Fsp3) is 0.692. The molecule has 0 amide bonds. The average Bonchev–Trinajstić information content (AvgIpc) is 2.74. The SMILES string of the molecule is CCCC(OC)C(=O)Cc1nccn1CCC. The molecule has 96 valence electrons. The quantitative estimate of drug-likeness (QED) is 0.697. The van der Waals surface area contributed by atoms with Crippen LogP contribution in [0.3, 0.4) is 0 Å². The maximum atomic E-state index is 12.0. The number of carbonyl (C=O) groups excluding carboxylic acids is 1. The summed E-state index contributed by atoms with van der Waals surface area (Å²) < 4.78 is 7.25. The van der Waals surface area contributed by atoms with Crippen LogP contribution in [0.4, 0.5) is 0 Å². The lowest BCUT2D eigenvalue weighted by Crippen LogP contribution is -2.25. The third-order valence-corrected chi connectivity index (χ3v) is 2.79. The lowest BCUT2D eigenvalue weighted by molar-refractivity contribution is -0.128. The lowest BCUT2D eigenvalue weighted by atomic mass is 10.1. The Morgan fingerprint density at radius 2 is 2.24 bits per heavy atom. The van der Waals surface area contributed by atoms with E-state index in [1.165, 1.54) is 0 Å². The van der Waals surface area contributed by atoms with E-state index in [0.29, 0.717) is 6.42 Å². The van der Waals surface area contributed by atoms with Crippen molar-refractivity contribution < 1.29 is 9.53 Å². The molecule has 17 heavy (non-hydrogen) atoms. The van der Waals surface area contributed by atoms with E-state index in [0.717, 1.165) is 31.6 Å². The van der Waals surface area contributed by atoms with Crippen molar-refractivity contribution in [2.24, 2.45) is 0 Å². The number of methoxy groups -OCH3 is 1. The molecule has 0 radical (unpaired) electrons. The standard InChI is InChI=1S/C13H22N2O2/c1-4-6-12(17-3)11(16)10-13-14-7-9-15(13)8-5-2/h7,9,12H,4-6,8,10H2,1-3H3. The Kier molecular flexibility index (Phi) is 5.91. The molecule has 0 saturated carbocycles. The summed E-state index contributed by atoms with van der Waals surface area (Å²) in [7, 11) is 1.59. The number of aryl methyl sites for hydroxylation is 1. The molecule has 1 rings (SSSR count). The zero-order chi connectivity index (χ0) is 12.7. The highest BCUT2D eigenvalue weighted by molar-refractivity contribution is 5.84. The van der Waals surface area contributed by atoms with Crippen LogP contribution < -0.4 is 0 Å². The summed E-state index contributed by atoms with van der Waals surface area (Å²) in [5.74, 6) is 0.966. The summed E-state index contributed by atoms with van der Waals surface area (Å²) in [6.45, 7) is 5.08. The average molecular weight is 238 g/mol. The maximum absolute atomic E-state index is 12.0. The molecule has 0 fully saturated rings. The van der Waals surface area contributed by atoms with Crippen molar-refractivity contribution in [2.45, 2.75) is 52.2 Å². The molecule has 0 N–H and O–H groups in total. The number of nitrogens with zero attached hydrogens (tertiary/aromatic N) is 2. The molecule has 1 aromatic heterocycles. The molecule has 0 aliphatic heterocycles. The fourth-order valence-corrected chi connectivity index (χ4v) is 1.89. The van der Waals surface area contributed by atoms with E-state index in [9.17, 15) is 4.79 Å². The van der Waals surface area contributed by atoms with E-state index in [-0.39, 0.29) is 11.9 Å². The molecule has 1 unspecified atom stereocenters. The van der Waals surface area contributed by atoms with Gasteiger partial charge in [0.15, 0.2) is 5.78 Å². The second kappa shape index (κ2) is 7.22. The molecular formula is C13H22N2O2. The highest BCUT2D eigenvalue weighted by Gasteiger charge is 2.18. The molecule has 1 aromatic rings. The number of ketones is 1. The Morgan fingerprint density at radius 3 is 2.82 bits per heavy atom. The second-order valence-corrected chi connectivity index (χ2v) is 4.19. The van der Waals surface area contributed by atoms with E-state index in [1.807, 2.05) is 10.8 Å². The first kappa shape index (κ1) is 13.9. The van der Waals surface area contributed by atoms with Crippen molar-refractivity contribution in [1.82, 2.24) is 9.55 Å². The summed E-state index contributed by atoms with van der Waals surface area (Å²) in [5, 5.41) is 0. The molecule has 0 aromatic carbocycles. The van der Waals surface area contributed by atoms with Crippen LogP contribution in [0.1, 0.15) is 38.9 Å². The van der Waals surface area contributed by atoms with Gasteiger partial charge in [-0.2, -0.15) is 0 Å². The molecule has 4 heteroatoms.